The predicted molar refractivity (Wildman–Crippen MR) is 84.7 cm³/mol. The van der Waals surface area contributed by atoms with Gasteiger partial charge in [0.15, 0.2) is 11.6 Å². The molecule has 2 amide bonds. The lowest BCUT2D eigenvalue weighted by molar-refractivity contribution is -0.0155. The van der Waals surface area contributed by atoms with Gasteiger partial charge in [0.2, 0.25) is 0 Å². The Morgan fingerprint density at radius 1 is 1.40 bits per heavy atom. The molecule has 1 aromatic heterocycles. The van der Waals surface area contributed by atoms with E-state index in [9.17, 15) is 13.6 Å². The molecule has 2 aromatic rings. The van der Waals surface area contributed by atoms with Crippen LogP contribution in [0.4, 0.5) is 13.6 Å². The largest absolute Gasteiger partial charge is 0.370 e. The molecule has 3 rings (SSSR count). The monoisotopic (exact) mass is 351 g/mol. The van der Waals surface area contributed by atoms with E-state index in [1.807, 2.05) is 0 Å². The van der Waals surface area contributed by atoms with Crippen LogP contribution in [0, 0.1) is 11.6 Å². The first-order chi connectivity index (χ1) is 12.0. The van der Waals surface area contributed by atoms with Crippen LogP contribution in [-0.4, -0.2) is 51.9 Å². The Morgan fingerprint density at radius 2 is 2.24 bits per heavy atom. The van der Waals surface area contributed by atoms with Crippen molar-refractivity contribution < 1.29 is 18.3 Å². The summed E-state index contributed by atoms with van der Waals surface area (Å²) in [5.74, 6) is -1.05. The highest BCUT2D eigenvalue weighted by atomic mass is 19.2. The number of carbonyl (C=O) groups excluding carboxylic acids is 1. The van der Waals surface area contributed by atoms with Gasteiger partial charge in [-0.2, -0.15) is 5.10 Å². The maximum Gasteiger partial charge on any atom is 0.317 e. The van der Waals surface area contributed by atoms with Gasteiger partial charge in [0.1, 0.15) is 18.3 Å². The minimum absolute atomic E-state index is 0.224. The summed E-state index contributed by atoms with van der Waals surface area (Å²) in [6, 6.07) is 3.42. The number of halogens is 2. The number of nitrogens with one attached hydrogen (secondary N) is 1. The van der Waals surface area contributed by atoms with Crippen molar-refractivity contribution in [2.45, 2.75) is 12.5 Å². The van der Waals surface area contributed by atoms with E-state index in [1.165, 1.54) is 12.4 Å². The van der Waals surface area contributed by atoms with E-state index in [4.69, 9.17) is 4.74 Å². The molecule has 1 aliphatic heterocycles. The van der Waals surface area contributed by atoms with Crippen LogP contribution in [0.15, 0.2) is 24.5 Å². The van der Waals surface area contributed by atoms with Crippen LogP contribution in [0.25, 0.3) is 0 Å². The average Bonchev–Trinajstić information content (AvgIpc) is 3.02. The number of hydrogen-bond donors (Lipinski definition) is 1. The van der Waals surface area contributed by atoms with Crippen molar-refractivity contribution in [3.63, 3.8) is 0 Å². The Balaban J connectivity index is 1.54. The van der Waals surface area contributed by atoms with Crippen LogP contribution in [0.1, 0.15) is 17.5 Å². The summed E-state index contributed by atoms with van der Waals surface area (Å²) < 4.78 is 33.7. The van der Waals surface area contributed by atoms with Gasteiger partial charge in [0.25, 0.3) is 0 Å². The summed E-state index contributed by atoms with van der Waals surface area (Å²) in [5, 5.41) is 6.80. The second kappa shape index (κ2) is 7.56. The Morgan fingerprint density at radius 3 is 2.96 bits per heavy atom. The number of ether oxygens (including phenoxy) is 1. The molecule has 1 saturated heterocycles. The molecular weight excluding hydrogens is 332 g/mol. The number of aromatic nitrogens is 3. The van der Waals surface area contributed by atoms with Gasteiger partial charge in [-0.25, -0.2) is 18.6 Å². The minimum Gasteiger partial charge on any atom is -0.370 e. The molecule has 0 saturated carbocycles. The molecule has 134 valence electrons. The second-order valence-corrected chi connectivity index (χ2v) is 5.76. The summed E-state index contributed by atoms with van der Waals surface area (Å²) in [7, 11) is 1.79. The standard InChI is InChI=1S/C16H19F2N5O2/c1-22-15(20-10-21-22)4-5-19-16(24)23-6-7-25-14(9-23)11-2-3-12(17)13(18)8-11/h2-3,8,10,14H,4-7,9H2,1H3,(H,19,24)/t14-/m1/s1. The Labute approximate surface area is 143 Å². The van der Waals surface area contributed by atoms with Gasteiger partial charge in [-0.05, 0) is 17.7 Å². The molecule has 7 nitrogen and oxygen atoms in total. The third kappa shape index (κ3) is 4.11. The first kappa shape index (κ1) is 17.3. The van der Waals surface area contributed by atoms with Crippen molar-refractivity contribution in [2.24, 2.45) is 7.05 Å². The normalized spacial score (nSPS) is 17.6. The van der Waals surface area contributed by atoms with E-state index in [0.29, 0.717) is 31.7 Å². The second-order valence-electron chi connectivity index (χ2n) is 5.76. The fourth-order valence-corrected chi connectivity index (χ4v) is 2.69. The topological polar surface area (TPSA) is 72.3 Å². The molecular formula is C16H19F2N5O2. The van der Waals surface area contributed by atoms with Gasteiger partial charge in [0.05, 0.1) is 13.2 Å². The highest BCUT2D eigenvalue weighted by Gasteiger charge is 2.26. The van der Waals surface area contributed by atoms with Crippen molar-refractivity contribution in [2.75, 3.05) is 26.2 Å². The van der Waals surface area contributed by atoms with Crippen LogP contribution >= 0.6 is 0 Å². The number of rotatable bonds is 4. The smallest absolute Gasteiger partial charge is 0.317 e. The number of hydrogen-bond acceptors (Lipinski definition) is 4. The van der Waals surface area contributed by atoms with Crippen LogP contribution in [0.5, 0.6) is 0 Å². The highest BCUT2D eigenvalue weighted by molar-refractivity contribution is 5.74. The maximum absolute atomic E-state index is 13.4. The third-order valence-electron chi connectivity index (χ3n) is 4.10. The number of benzene rings is 1. The maximum atomic E-state index is 13.4. The van der Waals surface area contributed by atoms with Gasteiger partial charge < -0.3 is 15.0 Å². The SMILES string of the molecule is Cn1ncnc1CCNC(=O)N1CCO[C@@H](c2ccc(F)c(F)c2)C1. The molecule has 1 atom stereocenters. The van der Waals surface area contributed by atoms with Crippen molar-refractivity contribution in [3.8, 4) is 0 Å². The lowest BCUT2D eigenvalue weighted by atomic mass is 10.1. The Kier molecular flexibility index (Phi) is 5.22. The molecule has 0 bridgehead atoms. The van der Waals surface area contributed by atoms with E-state index in [2.05, 4.69) is 15.4 Å². The zero-order chi connectivity index (χ0) is 17.8. The molecule has 1 fully saturated rings. The Bertz CT molecular complexity index is 752. The molecule has 0 radical (unpaired) electrons. The van der Waals surface area contributed by atoms with Crippen molar-refractivity contribution in [1.29, 1.82) is 0 Å². The molecule has 25 heavy (non-hydrogen) atoms. The van der Waals surface area contributed by atoms with E-state index >= 15 is 0 Å². The fraction of sp³-hybridized carbons (Fsp3) is 0.438. The van der Waals surface area contributed by atoms with E-state index in [-0.39, 0.29) is 12.6 Å². The summed E-state index contributed by atoms with van der Waals surface area (Å²) in [6.07, 6.45) is 1.55. The lowest BCUT2D eigenvalue weighted by Gasteiger charge is -2.33. The Hall–Kier alpha value is -2.55. The summed E-state index contributed by atoms with van der Waals surface area (Å²) >= 11 is 0. The van der Waals surface area contributed by atoms with Gasteiger partial charge in [-0.1, -0.05) is 6.07 Å². The number of aryl methyl sites for hydroxylation is 1. The highest BCUT2D eigenvalue weighted by Crippen LogP contribution is 2.23. The first-order valence-corrected chi connectivity index (χ1v) is 7.97. The number of urea groups is 1. The average molecular weight is 351 g/mol. The molecule has 0 unspecified atom stereocenters. The minimum atomic E-state index is -0.925. The zero-order valence-electron chi connectivity index (χ0n) is 13.8. The summed E-state index contributed by atoms with van der Waals surface area (Å²) in [5.41, 5.74) is 0.510. The molecule has 2 heterocycles. The zero-order valence-corrected chi connectivity index (χ0v) is 13.8. The molecule has 0 aliphatic carbocycles. The van der Waals surface area contributed by atoms with E-state index < -0.39 is 17.7 Å². The third-order valence-corrected chi connectivity index (χ3v) is 4.10. The van der Waals surface area contributed by atoms with Gasteiger partial charge in [-0.3, -0.25) is 4.68 Å². The quantitative estimate of drug-likeness (QED) is 0.904. The summed E-state index contributed by atoms with van der Waals surface area (Å²) in [4.78, 5) is 18.0. The lowest BCUT2D eigenvalue weighted by Crippen LogP contribution is -2.47. The van der Waals surface area contributed by atoms with Crippen LogP contribution in [0.3, 0.4) is 0 Å². The predicted octanol–water partition coefficient (Wildman–Crippen LogP) is 1.42. The fourth-order valence-electron chi connectivity index (χ4n) is 2.69. The van der Waals surface area contributed by atoms with Gasteiger partial charge in [0, 0.05) is 26.6 Å². The van der Waals surface area contributed by atoms with Gasteiger partial charge >= 0.3 is 6.03 Å². The van der Waals surface area contributed by atoms with Crippen LogP contribution in [0.2, 0.25) is 0 Å². The van der Waals surface area contributed by atoms with Crippen molar-refractivity contribution >= 4 is 6.03 Å². The molecule has 1 aliphatic rings. The van der Waals surface area contributed by atoms with Crippen LogP contribution < -0.4 is 5.32 Å². The molecule has 1 aromatic carbocycles. The molecule has 1 N–H and O–H groups in total. The first-order valence-electron chi connectivity index (χ1n) is 7.97. The number of amides is 2. The van der Waals surface area contributed by atoms with E-state index in [1.54, 1.807) is 16.6 Å². The van der Waals surface area contributed by atoms with Gasteiger partial charge in [-0.15, -0.1) is 0 Å². The number of nitrogens with zero attached hydrogens (tertiary/aromatic N) is 4. The summed E-state index contributed by atoms with van der Waals surface area (Å²) in [6.45, 7) is 1.48. The van der Waals surface area contributed by atoms with Crippen molar-refractivity contribution in [3.05, 3.63) is 47.5 Å². The molecule has 9 heteroatoms. The van der Waals surface area contributed by atoms with Crippen molar-refractivity contribution in [1.82, 2.24) is 25.0 Å². The molecule has 0 spiro atoms. The number of carbonyl (C=O) groups is 1. The number of morpholine rings is 1. The van der Waals surface area contributed by atoms with Crippen LogP contribution in [-0.2, 0) is 18.2 Å². The van der Waals surface area contributed by atoms with E-state index in [0.717, 1.165) is 18.0 Å².